The van der Waals surface area contributed by atoms with Crippen molar-refractivity contribution < 1.29 is 9.59 Å². The van der Waals surface area contributed by atoms with Gasteiger partial charge in [-0.25, -0.2) is 0 Å². The van der Waals surface area contributed by atoms with Crippen LogP contribution in [0, 0.1) is 6.92 Å². The van der Waals surface area contributed by atoms with E-state index >= 15 is 0 Å². The number of aromatic nitrogens is 1. The van der Waals surface area contributed by atoms with E-state index in [9.17, 15) is 9.59 Å². The van der Waals surface area contributed by atoms with Crippen LogP contribution in [0.15, 0.2) is 24.3 Å². The first-order valence-corrected chi connectivity index (χ1v) is 9.86. The quantitative estimate of drug-likeness (QED) is 0.786. The third kappa shape index (κ3) is 4.30. The van der Waals surface area contributed by atoms with Gasteiger partial charge in [-0.1, -0.05) is 38.1 Å². The second-order valence-electron chi connectivity index (χ2n) is 7.22. The van der Waals surface area contributed by atoms with Crippen molar-refractivity contribution >= 4 is 11.7 Å². The molecule has 0 aliphatic heterocycles. The number of H-pyrrole nitrogens is 1. The van der Waals surface area contributed by atoms with Crippen molar-refractivity contribution in [1.29, 1.82) is 0 Å². The highest BCUT2D eigenvalue weighted by molar-refractivity contribution is 6.04. The van der Waals surface area contributed by atoms with Crippen molar-refractivity contribution in [2.24, 2.45) is 0 Å². The first-order valence-electron chi connectivity index (χ1n) is 9.86. The van der Waals surface area contributed by atoms with Crippen LogP contribution in [0.4, 0.5) is 0 Å². The van der Waals surface area contributed by atoms with Gasteiger partial charge >= 0.3 is 0 Å². The van der Waals surface area contributed by atoms with E-state index in [0.29, 0.717) is 18.7 Å². The number of hydrogen-bond acceptors (Lipinski definition) is 3. The zero-order chi connectivity index (χ0) is 19.4. The number of carbonyl (C=O) groups is 2. The fourth-order valence-electron chi connectivity index (χ4n) is 3.74. The molecule has 1 aromatic carbocycles. The summed E-state index contributed by atoms with van der Waals surface area (Å²) in [6, 6.07) is 8.37. The number of rotatable bonds is 7. The Morgan fingerprint density at radius 2 is 1.78 bits per heavy atom. The van der Waals surface area contributed by atoms with Crippen LogP contribution < -0.4 is 5.32 Å². The minimum atomic E-state index is -0.151. The van der Waals surface area contributed by atoms with Gasteiger partial charge in [0.25, 0.3) is 5.91 Å². The summed E-state index contributed by atoms with van der Waals surface area (Å²) in [4.78, 5) is 30.3. The highest BCUT2D eigenvalue weighted by Crippen LogP contribution is 2.26. The molecule has 1 aliphatic rings. The van der Waals surface area contributed by atoms with E-state index in [2.05, 4.69) is 53.3 Å². The first kappa shape index (κ1) is 19.4. The Morgan fingerprint density at radius 1 is 1.11 bits per heavy atom. The number of benzene rings is 1. The van der Waals surface area contributed by atoms with Crippen molar-refractivity contribution in [2.75, 3.05) is 13.1 Å². The second-order valence-corrected chi connectivity index (χ2v) is 7.22. The number of amides is 1. The Labute approximate surface area is 161 Å². The van der Waals surface area contributed by atoms with Crippen molar-refractivity contribution in [3.8, 4) is 0 Å². The maximum Gasteiger partial charge on any atom is 0.268 e. The Bertz CT molecular complexity index is 817. The highest BCUT2D eigenvalue weighted by Gasteiger charge is 2.26. The summed E-state index contributed by atoms with van der Waals surface area (Å²) in [5, 5.41) is 2.97. The van der Waals surface area contributed by atoms with Gasteiger partial charge in [0.1, 0.15) is 5.69 Å². The summed E-state index contributed by atoms with van der Waals surface area (Å²) < 4.78 is 0. The topological polar surface area (TPSA) is 65.2 Å². The summed E-state index contributed by atoms with van der Waals surface area (Å²) in [5.74, 6) is -0.00485. The van der Waals surface area contributed by atoms with E-state index in [0.717, 1.165) is 54.9 Å². The molecule has 0 saturated heterocycles. The lowest BCUT2D eigenvalue weighted by atomic mass is 9.94. The lowest BCUT2D eigenvalue weighted by Gasteiger charge is -2.18. The lowest BCUT2D eigenvalue weighted by molar-refractivity contribution is 0.0945. The van der Waals surface area contributed by atoms with Gasteiger partial charge in [-0.15, -0.1) is 0 Å². The number of fused-ring (bicyclic) bond motifs is 1. The molecule has 1 aromatic heterocycles. The molecule has 2 aromatic rings. The Balaban J connectivity index is 1.62. The van der Waals surface area contributed by atoms with Crippen molar-refractivity contribution in [2.45, 2.75) is 53.1 Å². The summed E-state index contributed by atoms with van der Waals surface area (Å²) >= 11 is 0. The monoisotopic (exact) mass is 367 g/mol. The molecule has 0 spiro atoms. The van der Waals surface area contributed by atoms with Crippen LogP contribution in [0.5, 0.6) is 0 Å². The van der Waals surface area contributed by atoms with Crippen LogP contribution >= 0.6 is 0 Å². The molecule has 1 heterocycles. The Hall–Kier alpha value is -2.40. The average Bonchev–Trinajstić information content (AvgIpc) is 3.03. The molecule has 0 atom stereocenters. The highest BCUT2D eigenvalue weighted by atomic mass is 16.2. The van der Waals surface area contributed by atoms with Crippen LogP contribution in [-0.4, -0.2) is 34.7 Å². The molecule has 2 N–H and O–H groups in total. The van der Waals surface area contributed by atoms with Gasteiger partial charge in [0.15, 0.2) is 5.78 Å². The van der Waals surface area contributed by atoms with Crippen LogP contribution in [-0.2, 0) is 19.5 Å². The van der Waals surface area contributed by atoms with E-state index < -0.39 is 0 Å². The van der Waals surface area contributed by atoms with Crippen molar-refractivity contribution in [1.82, 2.24) is 15.2 Å². The molecule has 5 nitrogen and oxygen atoms in total. The van der Waals surface area contributed by atoms with Crippen molar-refractivity contribution in [3.05, 3.63) is 57.9 Å². The van der Waals surface area contributed by atoms with Crippen LogP contribution in [0.2, 0.25) is 0 Å². The molecule has 27 heavy (non-hydrogen) atoms. The zero-order valence-electron chi connectivity index (χ0n) is 16.5. The largest absolute Gasteiger partial charge is 0.354 e. The Morgan fingerprint density at radius 3 is 2.41 bits per heavy atom. The number of carbonyl (C=O) groups excluding carboxylic acids is 2. The fourth-order valence-corrected chi connectivity index (χ4v) is 3.74. The van der Waals surface area contributed by atoms with Crippen LogP contribution in [0.3, 0.4) is 0 Å². The van der Waals surface area contributed by atoms with E-state index in [1.54, 1.807) is 0 Å². The second kappa shape index (κ2) is 8.53. The van der Waals surface area contributed by atoms with Gasteiger partial charge in [-0.3, -0.25) is 14.5 Å². The van der Waals surface area contributed by atoms with E-state index in [4.69, 9.17) is 0 Å². The fraction of sp³-hybridized carbons (Fsp3) is 0.455. The number of aryl methyl sites for hydroxylation is 1. The molecular formula is C22H29N3O2. The Kier molecular flexibility index (Phi) is 6.11. The molecule has 144 valence electrons. The van der Waals surface area contributed by atoms with Gasteiger partial charge < -0.3 is 10.3 Å². The van der Waals surface area contributed by atoms with Gasteiger partial charge in [-0.2, -0.15) is 0 Å². The smallest absolute Gasteiger partial charge is 0.268 e. The molecule has 0 saturated carbocycles. The van der Waals surface area contributed by atoms with Gasteiger partial charge in [-0.05, 0) is 49.5 Å². The number of nitrogens with zero attached hydrogens (tertiary/aromatic N) is 1. The third-order valence-corrected chi connectivity index (χ3v) is 5.44. The maximum absolute atomic E-state index is 12.6. The van der Waals surface area contributed by atoms with E-state index in [1.165, 1.54) is 5.56 Å². The SMILES string of the molecule is CCN(CC)Cc1ccc(CNC(=O)c2[nH]c3c(c2C)C(=O)CCC3)cc1. The lowest BCUT2D eigenvalue weighted by Crippen LogP contribution is -2.24. The number of Topliss-reactive ketones (excluding diaryl/α,β-unsaturated/α-hetero) is 1. The average molecular weight is 367 g/mol. The normalized spacial score (nSPS) is 13.7. The summed E-state index contributed by atoms with van der Waals surface area (Å²) in [6.45, 7) is 9.69. The molecule has 0 radical (unpaired) electrons. The van der Waals surface area contributed by atoms with Gasteiger partial charge in [0.05, 0.1) is 0 Å². The third-order valence-electron chi connectivity index (χ3n) is 5.44. The number of aromatic amines is 1. The zero-order valence-corrected chi connectivity index (χ0v) is 16.5. The first-order chi connectivity index (χ1) is 13.0. The number of hydrogen-bond donors (Lipinski definition) is 2. The predicted molar refractivity (Wildman–Crippen MR) is 107 cm³/mol. The van der Waals surface area contributed by atoms with Crippen molar-refractivity contribution in [3.63, 3.8) is 0 Å². The molecule has 1 aliphatic carbocycles. The molecule has 5 heteroatoms. The van der Waals surface area contributed by atoms with Gasteiger partial charge in [0.2, 0.25) is 0 Å². The van der Waals surface area contributed by atoms with Crippen LogP contribution in [0.25, 0.3) is 0 Å². The molecular weight excluding hydrogens is 338 g/mol. The molecule has 0 fully saturated rings. The predicted octanol–water partition coefficient (Wildman–Crippen LogP) is 3.61. The standard InChI is InChI=1S/C22H29N3O2/c1-4-25(5-2)14-17-11-9-16(10-12-17)13-23-22(27)21-15(3)20-18(24-21)7-6-8-19(20)26/h9-12,24H,4-8,13-14H2,1-3H3,(H,23,27). The van der Waals surface area contributed by atoms with Gasteiger partial charge in [0, 0.05) is 30.8 Å². The molecule has 0 bridgehead atoms. The summed E-state index contributed by atoms with van der Waals surface area (Å²) in [7, 11) is 0. The minimum Gasteiger partial charge on any atom is -0.354 e. The molecule has 1 amide bonds. The number of nitrogens with one attached hydrogen (secondary N) is 2. The number of ketones is 1. The van der Waals surface area contributed by atoms with E-state index in [-0.39, 0.29) is 11.7 Å². The molecule has 0 unspecified atom stereocenters. The maximum atomic E-state index is 12.6. The minimum absolute atomic E-state index is 0.146. The molecule has 3 rings (SSSR count). The summed E-state index contributed by atoms with van der Waals surface area (Å²) in [6.07, 6.45) is 2.27. The van der Waals surface area contributed by atoms with Crippen LogP contribution in [0.1, 0.15) is 69.9 Å². The summed E-state index contributed by atoms with van der Waals surface area (Å²) in [5.41, 5.74) is 5.29. The van der Waals surface area contributed by atoms with E-state index in [1.807, 2.05) is 6.92 Å².